The van der Waals surface area contributed by atoms with Crippen LogP contribution in [0.4, 0.5) is 0 Å². The van der Waals surface area contributed by atoms with E-state index in [-0.39, 0.29) is 5.56 Å². The number of pyridine rings is 1. The minimum Gasteiger partial charge on any atom is -0.309 e. The molecule has 140 valence electrons. The number of hydrogen-bond acceptors (Lipinski definition) is 6. The molecule has 1 aliphatic carbocycles. The molecule has 28 heavy (non-hydrogen) atoms. The topological polar surface area (TPSA) is 89.4 Å². The van der Waals surface area contributed by atoms with Gasteiger partial charge in [0, 0.05) is 24.0 Å². The summed E-state index contributed by atoms with van der Waals surface area (Å²) in [5.74, 6) is 2.01. The van der Waals surface area contributed by atoms with Gasteiger partial charge in [0.25, 0.3) is 5.56 Å². The lowest BCUT2D eigenvalue weighted by molar-refractivity contribution is 0.669. The molecule has 0 radical (unpaired) electrons. The lowest BCUT2D eigenvalue weighted by atomic mass is 10.1. The first-order valence-electron chi connectivity index (χ1n) is 9.17. The number of nitrogens with one attached hydrogen (secondary N) is 1. The van der Waals surface area contributed by atoms with E-state index >= 15 is 0 Å². The molecule has 0 aliphatic heterocycles. The summed E-state index contributed by atoms with van der Waals surface area (Å²) in [4.78, 5) is 24.1. The van der Waals surface area contributed by atoms with Crippen LogP contribution in [0.1, 0.15) is 30.3 Å². The predicted molar refractivity (Wildman–Crippen MR) is 108 cm³/mol. The molecule has 1 aliphatic rings. The van der Waals surface area contributed by atoms with Crippen molar-refractivity contribution in [2.45, 2.75) is 36.7 Å². The molecule has 5 rings (SSSR count). The Labute approximate surface area is 165 Å². The summed E-state index contributed by atoms with van der Waals surface area (Å²) in [6.07, 6.45) is 5.81. The first kappa shape index (κ1) is 17.1. The monoisotopic (exact) mass is 390 g/mol. The summed E-state index contributed by atoms with van der Waals surface area (Å²) in [6, 6.07) is 9.97. The maximum atomic E-state index is 12.4. The Morgan fingerprint density at radius 2 is 2.11 bits per heavy atom. The third kappa shape index (κ3) is 3.09. The van der Waals surface area contributed by atoms with Crippen molar-refractivity contribution in [3.05, 3.63) is 64.5 Å². The maximum absolute atomic E-state index is 12.4. The Hall–Kier alpha value is -3.00. The van der Waals surface area contributed by atoms with Gasteiger partial charge in [-0.25, -0.2) is 4.98 Å². The molecule has 3 heterocycles. The Bertz CT molecular complexity index is 1210. The number of H-pyrrole nitrogens is 1. The molecule has 0 spiro atoms. The standard InChI is InChI=1S/C20H18N6OS/c1-12-4-2-6-15-17(12)22-16(23-19(15)27)11-28-20-25-24-18(26(20)14-7-8-14)13-5-3-9-21-10-13/h2-6,9-10,14H,7-8,11H2,1H3,(H,22,23,27). The lowest BCUT2D eigenvalue weighted by Crippen LogP contribution is -2.12. The fraction of sp³-hybridized carbons (Fsp3) is 0.250. The molecule has 1 fully saturated rings. The zero-order chi connectivity index (χ0) is 19.1. The number of benzene rings is 1. The Balaban J connectivity index is 1.46. The van der Waals surface area contributed by atoms with Crippen molar-refractivity contribution in [2.24, 2.45) is 0 Å². The number of aromatic amines is 1. The van der Waals surface area contributed by atoms with Crippen molar-refractivity contribution in [2.75, 3.05) is 0 Å². The second-order valence-electron chi connectivity index (χ2n) is 6.92. The van der Waals surface area contributed by atoms with Gasteiger partial charge in [-0.2, -0.15) is 0 Å². The van der Waals surface area contributed by atoms with Gasteiger partial charge in [-0.1, -0.05) is 23.9 Å². The van der Waals surface area contributed by atoms with Crippen LogP contribution in [0.2, 0.25) is 0 Å². The van der Waals surface area contributed by atoms with E-state index in [0.29, 0.717) is 23.0 Å². The van der Waals surface area contributed by atoms with E-state index in [0.717, 1.165) is 40.5 Å². The average Bonchev–Trinajstić information content (AvgIpc) is 3.47. The summed E-state index contributed by atoms with van der Waals surface area (Å²) >= 11 is 1.54. The molecule has 0 atom stereocenters. The van der Waals surface area contributed by atoms with Crippen molar-refractivity contribution in [3.63, 3.8) is 0 Å². The summed E-state index contributed by atoms with van der Waals surface area (Å²) in [7, 11) is 0. The zero-order valence-corrected chi connectivity index (χ0v) is 16.1. The summed E-state index contributed by atoms with van der Waals surface area (Å²) < 4.78 is 2.19. The fourth-order valence-electron chi connectivity index (χ4n) is 3.28. The third-order valence-electron chi connectivity index (χ3n) is 4.82. The lowest BCUT2D eigenvalue weighted by Gasteiger charge is -2.09. The van der Waals surface area contributed by atoms with Crippen molar-refractivity contribution in [3.8, 4) is 11.4 Å². The van der Waals surface area contributed by atoms with E-state index in [9.17, 15) is 4.79 Å². The Kier molecular flexibility index (Phi) is 4.20. The van der Waals surface area contributed by atoms with E-state index < -0.39 is 0 Å². The second kappa shape index (κ2) is 6.87. The highest BCUT2D eigenvalue weighted by molar-refractivity contribution is 7.98. The van der Waals surface area contributed by atoms with Crippen LogP contribution in [0.25, 0.3) is 22.3 Å². The molecule has 0 bridgehead atoms. The van der Waals surface area contributed by atoms with Crippen LogP contribution < -0.4 is 5.56 Å². The maximum Gasteiger partial charge on any atom is 0.258 e. The minimum absolute atomic E-state index is 0.107. The molecule has 0 amide bonds. The van der Waals surface area contributed by atoms with Crippen LogP contribution >= 0.6 is 11.8 Å². The highest BCUT2D eigenvalue weighted by Crippen LogP contribution is 2.41. The van der Waals surface area contributed by atoms with E-state index in [4.69, 9.17) is 0 Å². The number of aryl methyl sites for hydroxylation is 1. The average molecular weight is 390 g/mol. The van der Waals surface area contributed by atoms with Crippen LogP contribution in [0, 0.1) is 6.92 Å². The molecule has 1 aromatic carbocycles. The molecule has 1 saturated carbocycles. The quantitative estimate of drug-likeness (QED) is 0.525. The normalized spacial score (nSPS) is 13.9. The molecule has 3 aromatic heterocycles. The SMILES string of the molecule is Cc1cccc2c(=O)[nH]c(CSc3nnc(-c4cccnc4)n3C3CC3)nc12. The van der Waals surface area contributed by atoms with Gasteiger partial charge < -0.3 is 4.98 Å². The number of para-hydroxylation sites is 1. The van der Waals surface area contributed by atoms with E-state index in [1.54, 1.807) is 24.0 Å². The number of nitrogens with zero attached hydrogens (tertiary/aromatic N) is 5. The van der Waals surface area contributed by atoms with Crippen LogP contribution in [0.15, 0.2) is 52.7 Å². The smallest absolute Gasteiger partial charge is 0.258 e. The summed E-state index contributed by atoms with van der Waals surface area (Å²) in [5.41, 5.74) is 2.60. The highest BCUT2D eigenvalue weighted by Gasteiger charge is 2.30. The van der Waals surface area contributed by atoms with Gasteiger partial charge in [0.05, 0.1) is 16.7 Å². The Morgan fingerprint density at radius 3 is 2.89 bits per heavy atom. The summed E-state index contributed by atoms with van der Waals surface area (Å²) in [5, 5.41) is 10.3. The fourth-order valence-corrected chi connectivity index (χ4v) is 4.16. The van der Waals surface area contributed by atoms with Crippen LogP contribution in [-0.4, -0.2) is 29.7 Å². The Morgan fingerprint density at radius 1 is 1.21 bits per heavy atom. The third-order valence-corrected chi connectivity index (χ3v) is 5.78. The zero-order valence-electron chi connectivity index (χ0n) is 15.3. The predicted octanol–water partition coefficient (Wildman–Crippen LogP) is 3.51. The van der Waals surface area contributed by atoms with Crippen molar-refractivity contribution >= 4 is 22.7 Å². The van der Waals surface area contributed by atoms with Gasteiger partial charge in [0.2, 0.25) is 0 Å². The minimum atomic E-state index is -0.107. The number of hydrogen-bond donors (Lipinski definition) is 1. The molecule has 4 aromatic rings. The first-order chi connectivity index (χ1) is 13.7. The van der Waals surface area contributed by atoms with Crippen LogP contribution in [0.3, 0.4) is 0 Å². The van der Waals surface area contributed by atoms with Crippen molar-refractivity contribution < 1.29 is 0 Å². The van der Waals surface area contributed by atoms with Gasteiger partial charge in [-0.15, -0.1) is 10.2 Å². The van der Waals surface area contributed by atoms with Gasteiger partial charge in [0.1, 0.15) is 5.82 Å². The molecule has 0 unspecified atom stereocenters. The largest absolute Gasteiger partial charge is 0.309 e. The molecule has 1 N–H and O–H groups in total. The number of fused-ring (bicyclic) bond motifs is 1. The van der Waals surface area contributed by atoms with E-state index in [1.165, 1.54) is 0 Å². The van der Waals surface area contributed by atoms with E-state index in [2.05, 4.69) is 29.7 Å². The number of thioether (sulfide) groups is 1. The van der Waals surface area contributed by atoms with Crippen LogP contribution in [-0.2, 0) is 5.75 Å². The van der Waals surface area contributed by atoms with Gasteiger partial charge in [-0.3, -0.25) is 14.3 Å². The number of aromatic nitrogens is 6. The van der Waals surface area contributed by atoms with E-state index in [1.807, 2.05) is 37.4 Å². The van der Waals surface area contributed by atoms with Crippen LogP contribution in [0.5, 0.6) is 0 Å². The highest BCUT2D eigenvalue weighted by atomic mass is 32.2. The van der Waals surface area contributed by atoms with Crippen molar-refractivity contribution in [1.29, 1.82) is 0 Å². The first-order valence-corrected chi connectivity index (χ1v) is 10.2. The molecule has 0 saturated heterocycles. The van der Waals surface area contributed by atoms with Crippen molar-refractivity contribution in [1.82, 2.24) is 29.7 Å². The van der Waals surface area contributed by atoms with Gasteiger partial charge in [0.15, 0.2) is 11.0 Å². The molecular formula is C20H18N6OS. The van der Waals surface area contributed by atoms with Gasteiger partial charge >= 0.3 is 0 Å². The molecule has 8 heteroatoms. The molecular weight excluding hydrogens is 372 g/mol. The summed E-state index contributed by atoms with van der Waals surface area (Å²) in [6.45, 7) is 1.97. The molecule has 7 nitrogen and oxygen atoms in total. The second-order valence-corrected chi connectivity index (χ2v) is 7.86. The number of rotatable bonds is 5. The van der Waals surface area contributed by atoms with Gasteiger partial charge in [-0.05, 0) is 43.5 Å².